The van der Waals surface area contributed by atoms with E-state index in [0.29, 0.717) is 32.8 Å². The fraction of sp³-hybridized carbons (Fsp3) is 0.667. The fourth-order valence-corrected chi connectivity index (χ4v) is 3.14. The van der Waals surface area contributed by atoms with Crippen LogP contribution in [0.2, 0.25) is 0 Å². The molecule has 22 heavy (non-hydrogen) atoms. The minimum Gasteiger partial charge on any atom is -0.377 e. The van der Waals surface area contributed by atoms with Gasteiger partial charge in [0.25, 0.3) is 5.56 Å². The zero-order chi connectivity index (χ0) is 15.6. The first-order chi connectivity index (χ1) is 10.6. The SMILES string of the molecule is CC(=O)N1CCOC[C@@]2(CC[C@@H](Cn3ncccc3=O)O2)C1. The minimum atomic E-state index is -0.453. The molecule has 0 N–H and O–H groups in total. The van der Waals surface area contributed by atoms with Gasteiger partial charge < -0.3 is 14.4 Å². The van der Waals surface area contributed by atoms with Crippen LogP contribution in [0.15, 0.2) is 23.1 Å². The van der Waals surface area contributed by atoms with Crippen LogP contribution < -0.4 is 5.56 Å². The lowest BCUT2D eigenvalue weighted by Gasteiger charge is -2.31. The van der Waals surface area contributed by atoms with Crippen molar-refractivity contribution in [3.63, 3.8) is 0 Å². The van der Waals surface area contributed by atoms with Gasteiger partial charge in [-0.05, 0) is 18.9 Å². The molecule has 3 rings (SSSR count). The Morgan fingerprint density at radius 2 is 2.41 bits per heavy atom. The molecule has 0 radical (unpaired) electrons. The third-order valence-corrected chi connectivity index (χ3v) is 4.30. The van der Waals surface area contributed by atoms with E-state index in [2.05, 4.69) is 5.10 Å². The van der Waals surface area contributed by atoms with Crippen molar-refractivity contribution in [2.45, 2.75) is 38.0 Å². The Balaban J connectivity index is 1.69. The number of rotatable bonds is 2. The van der Waals surface area contributed by atoms with Gasteiger partial charge in [-0.2, -0.15) is 5.10 Å². The second-order valence-corrected chi connectivity index (χ2v) is 6.00. The molecule has 0 aliphatic carbocycles. The first kappa shape index (κ1) is 15.2. The lowest BCUT2D eigenvalue weighted by atomic mass is 10.00. The van der Waals surface area contributed by atoms with Crippen molar-refractivity contribution in [2.75, 3.05) is 26.3 Å². The van der Waals surface area contributed by atoms with Gasteiger partial charge in [0.15, 0.2) is 0 Å². The fourth-order valence-electron chi connectivity index (χ4n) is 3.14. The summed E-state index contributed by atoms with van der Waals surface area (Å²) in [6.07, 6.45) is 3.17. The van der Waals surface area contributed by atoms with E-state index in [9.17, 15) is 9.59 Å². The average molecular weight is 307 g/mol. The molecule has 1 amide bonds. The molecule has 0 unspecified atom stereocenters. The van der Waals surface area contributed by atoms with Crippen molar-refractivity contribution in [3.8, 4) is 0 Å². The first-order valence-electron chi connectivity index (χ1n) is 7.61. The Morgan fingerprint density at radius 1 is 1.55 bits per heavy atom. The highest BCUT2D eigenvalue weighted by Crippen LogP contribution is 2.33. The van der Waals surface area contributed by atoms with Gasteiger partial charge >= 0.3 is 0 Å². The van der Waals surface area contributed by atoms with Crippen molar-refractivity contribution < 1.29 is 14.3 Å². The molecule has 0 bridgehead atoms. The number of carbonyl (C=O) groups excluding carboxylic acids is 1. The molecule has 2 atom stereocenters. The normalized spacial score (nSPS) is 28.8. The Bertz CT molecular complexity index is 602. The van der Waals surface area contributed by atoms with Crippen LogP contribution in [0.25, 0.3) is 0 Å². The van der Waals surface area contributed by atoms with Crippen LogP contribution in [0.3, 0.4) is 0 Å². The summed E-state index contributed by atoms with van der Waals surface area (Å²) in [5.41, 5.74) is -0.583. The zero-order valence-corrected chi connectivity index (χ0v) is 12.7. The summed E-state index contributed by atoms with van der Waals surface area (Å²) in [4.78, 5) is 25.2. The number of nitrogens with zero attached hydrogens (tertiary/aromatic N) is 3. The molecule has 2 aliphatic rings. The first-order valence-corrected chi connectivity index (χ1v) is 7.61. The van der Waals surface area contributed by atoms with Gasteiger partial charge in [0.05, 0.1) is 32.4 Å². The lowest BCUT2D eigenvalue weighted by molar-refractivity contribution is -0.134. The molecule has 7 heteroatoms. The van der Waals surface area contributed by atoms with Gasteiger partial charge in [-0.25, -0.2) is 4.68 Å². The smallest absolute Gasteiger partial charge is 0.266 e. The zero-order valence-electron chi connectivity index (χ0n) is 12.7. The van der Waals surface area contributed by atoms with Crippen LogP contribution in [0.1, 0.15) is 19.8 Å². The molecular weight excluding hydrogens is 286 g/mol. The van der Waals surface area contributed by atoms with Gasteiger partial charge in [0.1, 0.15) is 5.60 Å². The predicted molar refractivity (Wildman–Crippen MR) is 78.4 cm³/mol. The second-order valence-electron chi connectivity index (χ2n) is 6.00. The van der Waals surface area contributed by atoms with E-state index >= 15 is 0 Å². The summed E-state index contributed by atoms with van der Waals surface area (Å²) in [6.45, 7) is 4.18. The Labute approximate surface area is 128 Å². The molecule has 2 aliphatic heterocycles. The summed E-state index contributed by atoms with van der Waals surface area (Å²) in [5, 5.41) is 4.07. The standard InChI is InChI=1S/C15H21N3O4/c1-12(19)17-7-8-21-11-15(10-17)5-4-13(22-15)9-18-14(20)3-2-6-16-18/h2-3,6,13H,4-5,7-11H2,1H3/t13-,15+/m0/s1. The molecule has 3 heterocycles. The third-order valence-electron chi connectivity index (χ3n) is 4.30. The van der Waals surface area contributed by atoms with Crippen LogP contribution in [0, 0.1) is 0 Å². The largest absolute Gasteiger partial charge is 0.377 e. The quantitative estimate of drug-likeness (QED) is 0.771. The lowest BCUT2D eigenvalue weighted by Crippen LogP contribution is -2.46. The molecule has 2 fully saturated rings. The average Bonchev–Trinajstić information content (AvgIpc) is 2.74. The molecule has 2 saturated heterocycles. The van der Waals surface area contributed by atoms with Crippen molar-refractivity contribution >= 4 is 5.91 Å². The highest BCUT2D eigenvalue weighted by Gasteiger charge is 2.43. The van der Waals surface area contributed by atoms with Gasteiger partial charge in [-0.3, -0.25) is 9.59 Å². The molecule has 7 nitrogen and oxygen atoms in total. The summed E-state index contributed by atoms with van der Waals surface area (Å²) in [6, 6.07) is 3.11. The number of carbonyl (C=O) groups is 1. The molecule has 120 valence electrons. The molecule has 1 aromatic heterocycles. The summed E-state index contributed by atoms with van der Waals surface area (Å²) in [5.74, 6) is 0.0397. The van der Waals surface area contributed by atoms with Gasteiger partial charge in [0.2, 0.25) is 5.91 Å². The van der Waals surface area contributed by atoms with Crippen LogP contribution >= 0.6 is 0 Å². The molecular formula is C15H21N3O4. The van der Waals surface area contributed by atoms with E-state index in [1.54, 1.807) is 24.1 Å². The van der Waals surface area contributed by atoms with E-state index in [-0.39, 0.29) is 17.6 Å². The number of hydrogen-bond donors (Lipinski definition) is 0. The number of hydrogen-bond acceptors (Lipinski definition) is 5. The maximum Gasteiger partial charge on any atom is 0.266 e. The highest BCUT2D eigenvalue weighted by atomic mass is 16.6. The van der Waals surface area contributed by atoms with E-state index < -0.39 is 5.60 Å². The molecule has 0 aromatic carbocycles. The van der Waals surface area contributed by atoms with E-state index in [1.807, 2.05) is 0 Å². The van der Waals surface area contributed by atoms with Crippen LogP contribution in [0.5, 0.6) is 0 Å². The van der Waals surface area contributed by atoms with Crippen molar-refractivity contribution in [3.05, 3.63) is 28.7 Å². The summed E-state index contributed by atoms with van der Waals surface area (Å²) in [7, 11) is 0. The van der Waals surface area contributed by atoms with E-state index in [1.165, 1.54) is 10.7 Å². The molecule has 1 aromatic rings. The van der Waals surface area contributed by atoms with Gasteiger partial charge in [-0.1, -0.05) is 0 Å². The van der Waals surface area contributed by atoms with Crippen LogP contribution in [-0.2, 0) is 20.8 Å². The van der Waals surface area contributed by atoms with Gasteiger partial charge in [-0.15, -0.1) is 0 Å². The summed E-state index contributed by atoms with van der Waals surface area (Å²) >= 11 is 0. The van der Waals surface area contributed by atoms with Crippen LogP contribution in [0.4, 0.5) is 0 Å². The molecule has 1 spiro atoms. The van der Waals surface area contributed by atoms with Crippen molar-refractivity contribution in [2.24, 2.45) is 0 Å². The predicted octanol–water partition coefficient (Wildman–Crippen LogP) is 0.0398. The highest BCUT2D eigenvalue weighted by molar-refractivity contribution is 5.73. The maximum absolute atomic E-state index is 11.7. The molecule has 0 saturated carbocycles. The Morgan fingerprint density at radius 3 is 3.18 bits per heavy atom. The monoisotopic (exact) mass is 307 g/mol. The topological polar surface area (TPSA) is 73.7 Å². The summed E-state index contributed by atoms with van der Waals surface area (Å²) < 4.78 is 13.2. The minimum absolute atomic E-state index is 0.0397. The van der Waals surface area contributed by atoms with E-state index in [0.717, 1.165) is 12.8 Å². The number of ether oxygens (including phenoxy) is 2. The number of amides is 1. The Kier molecular flexibility index (Phi) is 4.26. The number of aromatic nitrogens is 2. The van der Waals surface area contributed by atoms with Gasteiger partial charge in [0, 0.05) is 25.7 Å². The van der Waals surface area contributed by atoms with Crippen LogP contribution in [-0.4, -0.2) is 58.6 Å². The van der Waals surface area contributed by atoms with Crippen molar-refractivity contribution in [1.29, 1.82) is 0 Å². The maximum atomic E-state index is 11.7. The van der Waals surface area contributed by atoms with E-state index in [4.69, 9.17) is 9.47 Å². The van der Waals surface area contributed by atoms with Crippen molar-refractivity contribution in [1.82, 2.24) is 14.7 Å². The third kappa shape index (κ3) is 3.20. The Hall–Kier alpha value is -1.73. The second kappa shape index (κ2) is 6.18.